The minimum atomic E-state index is -4.39. The van der Waals surface area contributed by atoms with Gasteiger partial charge in [-0.3, -0.25) is 13.9 Å². The minimum Gasteiger partial charge on any atom is -0.352 e. The third-order valence-electron chi connectivity index (χ3n) is 8.47. The Morgan fingerprint density at radius 1 is 0.872 bits per heavy atom. The Bertz CT molecular complexity index is 1780. The number of carbonyl (C=O) groups is 2. The third-order valence-corrected chi connectivity index (χ3v) is 10.7. The quantitative estimate of drug-likeness (QED) is 0.168. The summed E-state index contributed by atoms with van der Waals surface area (Å²) in [6.45, 7) is 1.15. The van der Waals surface area contributed by atoms with E-state index in [1.54, 1.807) is 12.1 Å². The Hall–Kier alpha value is -4.02. The SMILES string of the molecule is Cc1ccc(S(=O)(=O)N(CC(=O)N(Cc2cccc(Br)c2)[C@@H](Cc2ccccc2)C(=O)NC2CCCCC2)c2ccccc2F)cc1. The number of benzene rings is 4. The molecule has 7 nitrogen and oxygen atoms in total. The zero-order valence-corrected chi connectivity index (χ0v) is 28.7. The predicted octanol–water partition coefficient (Wildman–Crippen LogP) is 7.18. The van der Waals surface area contributed by atoms with Crippen LogP contribution < -0.4 is 9.62 Å². The summed E-state index contributed by atoms with van der Waals surface area (Å²) in [4.78, 5) is 30.1. The van der Waals surface area contributed by atoms with E-state index in [1.165, 1.54) is 35.2 Å². The molecule has 1 atom stereocenters. The molecule has 1 saturated carbocycles. The van der Waals surface area contributed by atoms with Gasteiger partial charge in [0, 0.05) is 23.5 Å². The second-order valence-electron chi connectivity index (χ2n) is 12.0. The van der Waals surface area contributed by atoms with Crippen LogP contribution in [0, 0.1) is 12.7 Å². The highest BCUT2D eigenvalue weighted by molar-refractivity contribution is 9.10. The maximum Gasteiger partial charge on any atom is 0.264 e. The number of nitrogens with one attached hydrogen (secondary N) is 1. The topological polar surface area (TPSA) is 86.8 Å². The van der Waals surface area contributed by atoms with Crippen molar-refractivity contribution >= 4 is 43.5 Å². The van der Waals surface area contributed by atoms with Crippen LogP contribution in [0.2, 0.25) is 0 Å². The highest BCUT2D eigenvalue weighted by atomic mass is 79.9. The van der Waals surface area contributed by atoms with Gasteiger partial charge in [-0.2, -0.15) is 0 Å². The fourth-order valence-corrected chi connectivity index (χ4v) is 7.80. The molecule has 246 valence electrons. The van der Waals surface area contributed by atoms with Crippen LogP contribution in [0.5, 0.6) is 0 Å². The lowest BCUT2D eigenvalue weighted by Crippen LogP contribution is -2.55. The van der Waals surface area contributed by atoms with E-state index in [2.05, 4.69) is 21.2 Å². The Kier molecular flexibility index (Phi) is 11.5. The molecule has 4 aromatic rings. The van der Waals surface area contributed by atoms with Crippen LogP contribution in [0.15, 0.2) is 112 Å². The maximum atomic E-state index is 15.3. The molecule has 0 bridgehead atoms. The van der Waals surface area contributed by atoms with Crippen molar-refractivity contribution < 1.29 is 22.4 Å². The van der Waals surface area contributed by atoms with Gasteiger partial charge in [-0.1, -0.05) is 107 Å². The molecule has 0 spiro atoms. The lowest BCUT2D eigenvalue weighted by atomic mass is 9.94. The lowest BCUT2D eigenvalue weighted by molar-refractivity contribution is -0.140. The Labute approximate surface area is 285 Å². The first kappa shape index (κ1) is 34.3. The summed E-state index contributed by atoms with van der Waals surface area (Å²) in [5.74, 6) is -1.73. The van der Waals surface area contributed by atoms with Crippen LogP contribution in [-0.4, -0.2) is 43.8 Å². The number of rotatable bonds is 12. The number of anilines is 1. The third kappa shape index (κ3) is 8.87. The second-order valence-corrected chi connectivity index (χ2v) is 14.8. The first-order valence-corrected chi connectivity index (χ1v) is 18.1. The molecule has 2 amide bonds. The van der Waals surface area contributed by atoms with E-state index in [9.17, 15) is 18.0 Å². The summed E-state index contributed by atoms with van der Waals surface area (Å²) < 4.78 is 45.2. The van der Waals surface area contributed by atoms with Gasteiger partial charge in [-0.25, -0.2) is 12.8 Å². The van der Waals surface area contributed by atoms with E-state index in [0.717, 1.165) is 63.6 Å². The Balaban J connectivity index is 1.57. The molecular weight excluding hydrogens is 681 g/mol. The maximum absolute atomic E-state index is 15.3. The van der Waals surface area contributed by atoms with Gasteiger partial charge in [0.2, 0.25) is 11.8 Å². The lowest BCUT2D eigenvalue weighted by Gasteiger charge is -2.35. The second kappa shape index (κ2) is 15.7. The monoisotopic (exact) mass is 719 g/mol. The van der Waals surface area contributed by atoms with E-state index in [1.807, 2.05) is 61.5 Å². The smallest absolute Gasteiger partial charge is 0.264 e. The standard InChI is InChI=1S/C37H39BrFN3O4S/c1-27-19-21-32(22-20-27)47(45,46)42(34-18-9-8-17-33(34)39)26-36(43)41(25-29-13-10-14-30(38)23-29)35(24-28-11-4-2-5-12-28)37(44)40-31-15-6-3-7-16-31/h2,4-5,8-14,17-23,31,35H,3,6-7,15-16,24-26H2,1H3,(H,40,44)/t35-/m0/s1. The van der Waals surface area contributed by atoms with Crippen molar-refractivity contribution in [3.63, 3.8) is 0 Å². The highest BCUT2D eigenvalue weighted by Gasteiger charge is 2.36. The highest BCUT2D eigenvalue weighted by Crippen LogP contribution is 2.28. The number of sulfonamides is 1. The number of aryl methyl sites for hydroxylation is 1. The zero-order valence-electron chi connectivity index (χ0n) is 26.3. The molecule has 0 aromatic heterocycles. The molecule has 5 rings (SSSR count). The summed E-state index contributed by atoms with van der Waals surface area (Å²) in [6.07, 6.45) is 5.09. The molecule has 1 aliphatic rings. The molecule has 0 unspecified atom stereocenters. The van der Waals surface area contributed by atoms with Crippen LogP contribution in [0.3, 0.4) is 0 Å². The number of nitrogens with zero attached hydrogens (tertiary/aromatic N) is 2. The number of halogens is 2. The minimum absolute atomic E-state index is 0.00540. The summed E-state index contributed by atoms with van der Waals surface area (Å²) in [5, 5.41) is 3.19. The fourth-order valence-electron chi connectivity index (χ4n) is 5.94. The number of hydrogen-bond donors (Lipinski definition) is 1. The van der Waals surface area contributed by atoms with Crippen molar-refractivity contribution in [1.82, 2.24) is 10.2 Å². The van der Waals surface area contributed by atoms with Gasteiger partial charge in [0.05, 0.1) is 10.6 Å². The van der Waals surface area contributed by atoms with Crippen molar-refractivity contribution in [2.24, 2.45) is 0 Å². The van der Waals surface area contributed by atoms with Crippen molar-refractivity contribution in [3.05, 3.63) is 130 Å². The first-order chi connectivity index (χ1) is 22.6. The van der Waals surface area contributed by atoms with Crippen molar-refractivity contribution in [1.29, 1.82) is 0 Å². The zero-order chi connectivity index (χ0) is 33.4. The van der Waals surface area contributed by atoms with Gasteiger partial charge in [-0.05, 0) is 67.3 Å². The molecule has 4 aromatic carbocycles. The van der Waals surface area contributed by atoms with Gasteiger partial charge >= 0.3 is 0 Å². The summed E-state index contributed by atoms with van der Waals surface area (Å²) in [6, 6.07) is 27.5. The van der Waals surface area contributed by atoms with Gasteiger partial charge in [0.25, 0.3) is 10.0 Å². The fraction of sp³-hybridized carbons (Fsp3) is 0.297. The summed E-state index contributed by atoms with van der Waals surface area (Å²) in [5.41, 5.74) is 2.19. The first-order valence-electron chi connectivity index (χ1n) is 15.8. The van der Waals surface area contributed by atoms with Gasteiger partial charge < -0.3 is 10.2 Å². The van der Waals surface area contributed by atoms with E-state index in [-0.39, 0.29) is 35.5 Å². The molecule has 0 radical (unpaired) electrons. The van der Waals surface area contributed by atoms with Crippen LogP contribution >= 0.6 is 15.9 Å². The van der Waals surface area contributed by atoms with Crippen molar-refractivity contribution in [2.45, 2.75) is 69.0 Å². The number of hydrogen-bond acceptors (Lipinski definition) is 4. The van der Waals surface area contributed by atoms with Crippen molar-refractivity contribution in [2.75, 3.05) is 10.8 Å². The van der Waals surface area contributed by atoms with E-state index in [0.29, 0.717) is 0 Å². The number of amides is 2. The van der Waals surface area contributed by atoms with Gasteiger partial charge in [-0.15, -0.1) is 0 Å². The molecule has 0 aliphatic heterocycles. The largest absolute Gasteiger partial charge is 0.352 e. The normalized spacial score (nSPS) is 14.3. The van der Waals surface area contributed by atoms with Crippen LogP contribution in [-0.2, 0) is 32.6 Å². The molecule has 10 heteroatoms. The number of para-hydroxylation sites is 1. The molecule has 1 fully saturated rings. The average Bonchev–Trinajstić information content (AvgIpc) is 3.06. The Morgan fingerprint density at radius 3 is 2.21 bits per heavy atom. The predicted molar refractivity (Wildman–Crippen MR) is 186 cm³/mol. The molecule has 0 saturated heterocycles. The van der Waals surface area contributed by atoms with Gasteiger partial charge in [0.1, 0.15) is 18.4 Å². The summed E-state index contributed by atoms with van der Waals surface area (Å²) >= 11 is 3.50. The molecule has 47 heavy (non-hydrogen) atoms. The molecule has 1 aliphatic carbocycles. The summed E-state index contributed by atoms with van der Waals surface area (Å²) in [7, 11) is -4.39. The Morgan fingerprint density at radius 2 is 1.53 bits per heavy atom. The van der Waals surface area contributed by atoms with Gasteiger partial charge in [0.15, 0.2) is 0 Å². The van der Waals surface area contributed by atoms with E-state index in [4.69, 9.17) is 0 Å². The van der Waals surface area contributed by atoms with Crippen LogP contribution in [0.1, 0.15) is 48.8 Å². The van der Waals surface area contributed by atoms with Crippen LogP contribution in [0.4, 0.5) is 10.1 Å². The molecule has 0 heterocycles. The molecular formula is C37H39BrFN3O4S. The molecule has 1 N–H and O–H groups in total. The number of carbonyl (C=O) groups excluding carboxylic acids is 2. The van der Waals surface area contributed by atoms with Crippen LogP contribution in [0.25, 0.3) is 0 Å². The van der Waals surface area contributed by atoms with Crippen molar-refractivity contribution in [3.8, 4) is 0 Å². The van der Waals surface area contributed by atoms with E-state index >= 15 is 4.39 Å². The average molecular weight is 721 g/mol. The van der Waals surface area contributed by atoms with E-state index < -0.39 is 34.3 Å².